The molecule has 1 aliphatic heterocycles. The third-order valence-corrected chi connectivity index (χ3v) is 2.34. The Hall–Kier alpha value is -2.25. The number of hydrogen-bond donors (Lipinski definition) is 2. The molecule has 2 rings (SSSR count). The van der Waals surface area contributed by atoms with Gasteiger partial charge in [0.1, 0.15) is 0 Å². The van der Waals surface area contributed by atoms with Crippen molar-refractivity contribution in [2.45, 2.75) is 6.92 Å². The van der Waals surface area contributed by atoms with Gasteiger partial charge in [0.15, 0.2) is 0 Å². The SMILES string of the molecule is CCOC(=O)N1C(=O)c2ccccc2C1=O.OCCO. The van der Waals surface area contributed by atoms with Crippen LogP contribution in [-0.2, 0) is 4.74 Å². The topological polar surface area (TPSA) is 104 Å². The minimum absolute atomic E-state index is 0.117. The molecule has 0 fully saturated rings. The summed E-state index contributed by atoms with van der Waals surface area (Å²) in [5.41, 5.74) is 0.473. The molecule has 3 amide bonds. The van der Waals surface area contributed by atoms with E-state index in [1.165, 1.54) is 12.1 Å². The molecular formula is C13H15NO6. The molecule has 0 saturated carbocycles. The first-order valence-corrected chi connectivity index (χ1v) is 5.94. The number of aliphatic hydroxyl groups excluding tert-OH is 2. The molecule has 0 spiro atoms. The van der Waals surface area contributed by atoms with Crippen LogP contribution in [0.15, 0.2) is 24.3 Å². The molecular weight excluding hydrogens is 266 g/mol. The molecule has 1 heterocycles. The van der Waals surface area contributed by atoms with Crippen LogP contribution in [0, 0.1) is 0 Å². The summed E-state index contributed by atoms with van der Waals surface area (Å²) in [6, 6.07) is 6.29. The number of hydrogen-bond acceptors (Lipinski definition) is 6. The molecule has 1 aliphatic rings. The molecule has 2 N–H and O–H groups in total. The normalized spacial score (nSPS) is 12.7. The van der Waals surface area contributed by atoms with Crippen LogP contribution in [0.5, 0.6) is 0 Å². The third-order valence-electron chi connectivity index (χ3n) is 2.34. The maximum atomic E-state index is 11.7. The zero-order chi connectivity index (χ0) is 15.1. The number of aliphatic hydroxyl groups is 2. The van der Waals surface area contributed by atoms with Crippen LogP contribution in [0.2, 0.25) is 0 Å². The lowest BCUT2D eigenvalue weighted by Crippen LogP contribution is -2.36. The maximum absolute atomic E-state index is 11.7. The average molecular weight is 281 g/mol. The summed E-state index contributed by atoms with van der Waals surface area (Å²) >= 11 is 0. The van der Waals surface area contributed by atoms with Gasteiger partial charge in [-0.3, -0.25) is 9.59 Å². The van der Waals surface area contributed by atoms with Crippen molar-refractivity contribution in [1.29, 1.82) is 0 Å². The fourth-order valence-corrected chi connectivity index (χ4v) is 1.54. The Morgan fingerprint density at radius 1 is 1.10 bits per heavy atom. The molecule has 0 saturated heterocycles. The summed E-state index contributed by atoms with van der Waals surface area (Å²) in [6.07, 6.45) is -0.922. The van der Waals surface area contributed by atoms with E-state index in [-0.39, 0.29) is 30.9 Å². The van der Waals surface area contributed by atoms with Gasteiger partial charge in [-0.2, -0.15) is 4.90 Å². The van der Waals surface area contributed by atoms with Gasteiger partial charge in [-0.15, -0.1) is 0 Å². The highest BCUT2D eigenvalue weighted by molar-refractivity contribution is 6.27. The number of amides is 3. The lowest BCUT2D eigenvalue weighted by Gasteiger charge is -2.10. The molecule has 0 aromatic heterocycles. The molecule has 7 heteroatoms. The number of imide groups is 3. The van der Waals surface area contributed by atoms with Gasteiger partial charge >= 0.3 is 6.09 Å². The zero-order valence-corrected chi connectivity index (χ0v) is 10.9. The molecule has 20 heavy (non-hydrogen) atoms. The molecule has 1 aromatic rings. The fraction of sp³-hybridized carbons (Fsp3) is 0.308. The van der Waals surface area contributed by atoms with E-state index in [2.05, 4.69) is 4.74 Å². The molecule has 0 unspecified atom stereocenters. The second-order valence-electron chi connectivity index (χ2n) is 3.64. The van der Waals surface area contributed by atoms with Crippen molar-refractivity contribution in [2.75, 3.05) is 19.8 Å². The molecule has 1 aromatic carbocycles. The van der Waals surface area contributed by atoms with Gasteiger partial charge in [0, 0.05) is 0 Å². The summed E-state index contributed by atoms with van der Waals surface area (Å²) in [5.74, 6) is -1.25. The Morgan fingerprint density at radius 2 is 1.55 bits per heavy atom. The summed E-state index contributed by atoms with van der Waals surface area (Å²) in [7, 11) is 0. The van der Waals surface area contributed by atoms with Crippen molar-refractivity contribution >= 4 is 17.9 Å². The van der Waals surface area contributed by atoms with E-state index in [1.807, 2.05) is 0 Å². The van der Waals surface area contributed by atoms with Gasteiger partial charge in [-0.05, 0) is 19.1 Å². The highest BCUT2D eigenvalue weighted by Gasteiger charge is 2.40. The monoisotopic (exact) mass is 281 g/mol. The van der Waals surface area contributed by atoms with Crippen LogP contribution in [-0.4, -0.2) is 52.8 Å². The van der Waals surface area contributed by atoms with Crippen LogP contribution in [0.1, 0.15) is 27.6 Å². The highest BCUT2D eigenvalue weighted by atomic mass is 16.6. The average Bonchev–Trinajstić information content (AvgIpc) is 2.72. The Morgan fingerprint density at radius 3 is 1.90 bits per heavy atom. The number of carbonyl (C=O) groups is 3. The number of ether oxygens (including phenoxy) is 1. The lowest BCUT2D eigenvalue weighted by molar-refractivity contribution is 0.0596. The van der Waals surface area contributed by atoms with E-state index >= 15 is 0 Å². The number of rotatable bonds is 2. The minimum Gasteiger partial charge on any atom is -0.449 e. The van der Waals surface area contributed by atoms with Crippen LogP contribution in [0.3, 0.4) is 0 Å². The standard InChI is InChI=1S/C11H9NO4.C2H6O2/c1-2-16-11(15)12-9(13)7-5-3-4-6-8(7)10(12)14;3-1-2-4/h3-6H,2H2,1H3;3-4H,1-2H2. The smallest absolute Gasteiger partial charge is 0.424 e. The van der Waals surface area contributed by atoms with E-state index in [9.17, 15) is 14.4 Å². The Kier molecular flexibility index (Phi) is 5.82. The van der Waals surface area contributed by atoms with Crippen LogP contribution < -0.4 is 0 Å². The quantitative estimate of drug-likeness (QED) is 0.761. The molecule has 108 valence electrons. The first-order valence-electron chi connectivity index (χ1n) is 5.94. The van der Waals surface area contributed by atoms with Crippen molar-refractivity contribution in [2.24, 2.45) is 0 Å². The highest BCUT2D eigenvalue weighted by Crippen LogP contribution is 2.22. The van der Waals surface area contributed by atoms with E-state index < -0.39 is 17.9 Å². The largest absolute Gasteiger partial charge is 0.449 e. The van der Waals surface area contributed by atoms with Crippen LogP contribution >= 0.6 is 0 Å². The first-order chi connectivity index (χ1) is 9.58. The van der Waals surface area contributed by atoms with Crippen LogP contribution in [0.4, 0.5) is 4.79 Å². The van der Waals surface area contributed by atoms with Gasteiger partial charge in [0.2, 0.25) is 0 Å². The number of nitrogens with zero attached hydrogens (tertiary/aromatic N) is 1. The number of benzene rings is 1. The molecule has 0 aliphatic carbocycles. The van der Waals surface area contributed by atoms with Gasteiger partial charge in [-0.1, -0.05) is 12.1 Å². The van der Waals surface area contributed by atoms with Crippen molar-refractivity contribution in [1.82, 2.24) is 4.90 Å². The molecule has 7 nitrogen and oxygen atoms in total. The predicted molar refractivity (Wildman–Crippen MR) is 68.1 cm³/mol. The van der Waals surface area contributed by atoms with Crippen LogP contribution in [0.25, 0.3) is 0 Å². The Bertz CT molecular complexity index is 476. The number of fused-ring (bicyclic) bond motifs is 1. The van der Waals surface area contributed by atoms with Gasteiger partial charge < -0.3 is 14.9 Å². The van der Waals surface area contributed by atoms with E-state index in [0.29, 0.717) is 4.90 Å². The molecule has 0 radical (unpaired) electrons. The summed E-state index contributed by atoms with van der Waals surface area (Å²) in [4.78, 5) is 35.4. The Labute approximate surface area is 115 Å². The van der Waals surface area contributed by atoms with E-state index in [4.69, 9.17) is 10.2 Å². The second kappa shape index (κ2) is 7.37. The van der Waals surface area contributed by atoms with Crippen molar-refractivity contribution < 1.29 is 29.3 Å². The number of carbonyl (C=O) groups excluding carboxylic acids is 3. The molecule has 0 atom stereocenters. The summed E-state index contributed by atoms with van der Waals surface area (Å²) in [6.45, 7) is 1.47. The van der Waals surface area contributed by atoms with Crippen molar-refractivity contribution in [3.8, 4) is 0 Å². The van der Waals surface area contributed by atoms with Gasteiger partial charge in [0.25, 0.3) is 11.8 Å². The molecule has 0 bridgehead atoms. The summed E-state index contributed by atoms with van der Waals surface area (Å²) < 4.78 is 4.64. The van der Waals surface area contributed by atoms with Crippen molar-refractivity contribution in [3.05, 3.63) is 35.4 Å². The van der Waals surface area contributed by atoms with Gasteiger partial charge in [-0.25, -0.2) is 4.79 Å². The maximum Gasteiger partial charge on any atom is 0.424 e. The lowest BCUT2D eigenvalue weighted by atomic mass is 10.1. The fourth-order valence-electron chi connectivity index (χ4n) is 1.54. The first kappa shape index (κ1) is 15.8. The summed E-state index contributed by atoms with van der Waals surface area (Å²) in [5, 5.41) is 15.2. The predicted octanol–water partition coefficient (Wildman–Crippen LogP) is 0.410. The third kappa shape index (κ3) is 3.19. The zero-order valence-electron chi connectivity index (χ0n) is 10.9. The van der Waals surface area contributed by atoms with Crippen molar-refractivity contribution in [3.63, 3.8) is 0 Å². The minimum atomic E-state index is -0.922. The van der Waals surface area contributed by atoms with Gasteiger partial charge in [0.05, 0.1) is 30.9 Å². The second-order valence-corrected chi connectivity index (χ2v) is 3.64. The van der Waals surface area contributed by atoms with E-state index in [1.54, 1.807) is 19.1 Å². The Balaban J connectivity index is 0.000000444. The van der Waals surface area contributed by atoms with E-state index in [0.717, 1.165) is 0 Å².